The maximum Gasteiger partial charge on any atom is 0.240 e. The van der Waals surface area contributed by atoms with Crippen molar-refractivity contribution < 1.29 is 13.2 Å². The van der Waals surface area contributed by atoms with Gasteiger partial charge in [0.05, 0.1) is 4.90 Å². The third kappa shape index (κ3) is 5.58. The summed E-state index contributed by atoms with van der Waals surface area (Å²) in [4.78, 5) is 11.6. The Labute approximate surface area is 127 Å². The van der Waals surface area contributed by atoms with Crippen LogP contribution in [0, 0.1) is 0 Å². The highest BCUT2D eigenvalue weighted by atomic mass is 79.9. The van der Waals surface area contributed by atoms with Gasteiger partial charge in [-0.05, 0) is 25.1 Å². The lowest BCUT2D eigenvalue weighted by atomic mass is 10.3. The van der Waals surface area contributed by atoms with E-state index < -0.39 is 10.0 Å². The molecule has 8 heteroatoms. The van der Waals surface area contributed by atoms with Crippen LogP contribution in [0.15, 0.2) is 33.6 Å². The maximum atomic E-state index is 12.0. The zero-order valence-electron chi connectivity index (χ0n) is 11.1. The number of hydrogen-bond donors (Lipinski definition) is 3. The lowest BCUT2D eigenvalue weighted by Crippen LogP contribution is -2.39. The molecule has 4 N–H and O–H groups in total. The summed E-state index contributed by atoms with van der Waals surface area (Å²) >= 11 is 3.21. The second-order valence-corrected chi connectivity index (χ2v) is 6.99. The fourth-order valence-corrected chi connectivity index (χ4v) is 3.05. The van der Waals surface area contributed by atoms with E-state index in [1.165, 1.54) is 12.1 Å². The third-order valence-electron chi connectivity index (χ3n) is 2.51. The summed E-state index contributed by atoms with van der Waals surface area (Å²) in [5.41, 5.74) is 5.38. The van der Waals surface area contributed by atoms with Gasteiger partial charge in [0.2, 0.25) is 15.9 Å². The second kappa shape index (κ2) is 7.72. The van der Waals surface area contributed by atoms with Crippen LogP contribution in [0.4, 0.5) is 0 Å². The number of nitrogens with one attached hydrogen (secondary N) is 2. The highest BCUT2D eigenvalue weighted by Gasteiger charge is 2.14. The van der Waals surface area contributed by atoms with E-state index in [1.807, 2.05) is 0 Å². The van der Waals surface area contributed by atoms with E-state index in [1.54, 1.807) is 19.1 Å². The van der Waals surface area contributed by atoms with E-state index in [0.717, 1.165) is 0 Å². The van der Waals surface area contributed by atoms with Gasteiger partial charge in [0, 0.05) is 30.0 Å². The average Bonchev–Trinajstić information content (AvgIpc) is 2.38. The summed E-state index contributed by atoms with van der Waals surface area (Å²) in [6.07, 6.45) is 0.0670. The van der Waals surface area contributed by atoms with Crippen molar-refractivity contribution in [1.82, 2.24) is 10.0 Å². The molecular weight excluding hydrogens is 346 g/mol. The molecule has 0 aliphatic carbocycles. The van der Waals surface area contributed by atoms with Crippen LogP contribution < -0.4 is 15.8 Å². The second-order valence-electron chi connectivity index (χ2n) is 4.31. The van der Waals surface area contributed by atoms with E-state index in [0.29, 0.717) is 11.0 Å². The molecule has 20 heavy (non-hydrogen) atoms. The molecule has 0 aromatic heterocycles. The molecule has 0 unspecified atom stereocenters. The van der Waals surface area contributed by atoms with Gasteiger partial charge in [-0.25, -0.2) is 13.1 Å². The minimum atomic E-state index is -3.60. The predicted molar refractivity (Wildman–Crippen MR) is 80.6 cm³/mol. The molecular formula is C12H18BrN3O3S. The Morgan fingerprint density at radius 1 is 1.45 bits per heavy atom. The number of carbonyl (C=O) groups is 1. The molecule has 0 aliphatic heterocycles. The van der Waals surface area contributed by atoms with Crippen molar-refractivity contribution in [3.8, 4) is 0 Å². The molecule has 6 nitrogen and oxygen atoms in total. The minimum Gasteiger partial charge on any atom is -0.352 e. The summed E-state index contributed by atoms with van der Waals surface area (Å²) in [5, 5.41) is 2.66. The van der Waals surface area contributed by atoms with Crippen LogP contribution in [0.1, 0.15) is 13.3 Å². The van der Waals surface area contributed by atoms with Crippen molar-refractivity contribution in [3.63, 3.8) is 0 Å². The van der Waals surface area contributed by atoms with E-state index >= 15 is 0 Å². The first kappa shape index (κ1) is 17.1. The Bertz CT molecular complexity index is 563. The molecule has 0 radical (unpaired) electrons. The summed E-state index contributed by atoms with van der Waals surface area (Å²) in [6, 6.07) is 6.24. The monoisotopic (exact) mass is 363 g/mol. The number of hydrogen-bond acceptors (Lipinski definition) is 4. The van der Waals surface area contributed by atoms with Gasteiger partial charge in [0.1, 0.15) is 0 Å². The zero-order valence-corrected chi connectivity index (χ0v) is 13.5. The topological polar surface area (TPSA) is 101 Å². The van der Waals surface area contributed by atoms with Crippen LogP contribution in [0.2, 0.25) is 0 Å². The van der Waals surface area contributed by atoms with E-state index in [9.17, 15) is 13.2 Å². The van der Waals surface area contributed by atoms with Crippen LogP contribution in [0.5, 0.6) is 0 Å². The molecule has 0 aliphatic rings. The Morgan fingerprint density at radius 3 is 2.75 bits per heavy atom. The Morgan fingerprint density at radius 2 is 2.15 bits per heavy atom. The highest BCUT2D eigenvalue weighted by molar-refractivity contribution is 9.10. The van der Waals surface area contributed by atoms with E-state index in [-0.39, 0.29) is 29.8 Å². The molecule has 1 aromatic carbocycles. The van der Waals surface area contributed by atoms with Gasteiger partial charge in [-0.3, -0.25) is 4.79 Å². The molecule has 0 heterocycles. The van der Waals surface area contributed by atoms with Crippen LogP contribution >= 0.6 is 15.9 Å². The lowest BCUT2D eigenvalue weighted by molar-refractivity contribution is -0.121. The average molecular weight is 364 g/mol. The number of carbonyl (C=O) groups excluding carboxylic acids is 1. The number of amides is 1. The van der Waals surface area contributed by atoms with Crippen molar-refractivity contribution >= 4 is 31.9 Å². The van der Waals surface area contributed by atoms with Gasteiger partial charge in [0.25, 0.3) is 0 Å². The maximum absolute atomic E-state index is 12.0. The smallest absolute Gasteiger partial charge is 0.240 e. The minimum absolute atomic E-state index is 0.0397. The Balaban J connectivity index is 2.51. The first-order valence-electron chi connectivity index (χ1n) is 6.10. The first-order valence-corrected chi connectivity index (χ1v) is 8.37. The summed E-state index contributed by atoms with van der Waals surface area (Å²) < 4.78 is 27.0. The van der Waals surface area contributed by atoms with Gasteiger partial charge in [-0.2, -0.15) is 0 Å². The van der Waals surface area contributed by atoms with Gasteiger partial charge < -0.3 is 11.1 Å². The quantitative estimate of drug-likeness (QED) is 0.659. The molecule has 1 rings (SSSR count). The predicted octanol–water partition coefficient (Wildman–Crippen LogP) is 0.581. The van der Waals surface area contributed by atoms with E-state index in [2.05, 4.69) is 26.0 Å². The van der Waals surface area contributed by atoms with Gasteiger partial charge >= 0.3 is 0 Å². The summed E-state index contributed by atoms with van der Waals surface area (Å²) in [7, 11) is -3.60. The lowest BCUT2D eigenvalue weighted by Gasteiger charge is -2.11. The van der Waals surface area contributed by atoms with Gasteiger partial charge in [-0.15, -0.1) is 0 Å². The molecule has 0 bridgehead atoms. The number of sulfonamides is 1. The van der Waals surface area contributed by atoms with Crippen LogP contribution in [0.25, 0.3) is 0 Å². The SMILES string of the molecule is C[C@@H](CN)NC(=O)CCNS(=O)(=O)c1cccc(Br)c1. The Hall–Kier alpha value is -0.960. The normalized spacial score (nSPS) is 12.9. The fraction of sp³-hybridized carbons (Fsp3) is 0.417. The molecule has 1 aromatic rings. The third-order valence-corrected chi connectivity index (χ3v) is 4.46. The first-order chi connectivity index (χ1) is 9.35. The van der Waals surface area contributed by atoms with Crippen molar-refractivity contribution in [3.05, 3.63) is 28.7 Å². The van der Waals surface area contributed by atoms with Crippen LogP contribution in [0.3, 0.4) is 0 Å². The summed E-state index contributed by atoms with van der Waals surface area (Å²) in [6.45, 7) is 2.16. The van der Waals surface area contributed by atoms with Gasteiger partial charge in [0.15, 0.2) is 0 Å². The summed E-state index contributed by atoms with van der Waals surface area (Å²) in [5.74, 6) is -0.236. The highest BCUT2D eigenvalue weighted by Crippen LogP contribution is 2.15. The number of benzene rings is 1. The molecule has 0 fully saturated rings. The molecule has 0 saturated carbocycles. The van der Waals surface area contributed by atoms with Crippen molar-refractivity contribution in [2.24, 2.45) is 5.73 Å². The van der Waals surface area contributed by atoms with Crippen molar-refractivity contribution in [1.29, 1.82) is 0 Å². The molecule has 1 amide bonds. The van der Waals surface area contributed by atoms with Crippen molar-refractivity contribution in [2.75, 3.05) is 13.1 Å². The number of nitrogens with two attached hydrogens (primary N) is 1. The molecule has 0 saturated heterocycles. The standard InChI is InChI=1S/C12H18BrN3O3S/c1-9(8-14)16-12(17)5-6-15-20(18,19)11-4-2-3-10(13)7-11/h2-4,7,9,15H,5-6,8,14H2,1H3,(H,16,17)/t9-/m0/s1. The molecule has 112 valence electrons. The fourth-order valence-electron chi connectivity index (χ4n) is 1.42. The molecule has 0 spiro atoms. The molecule has 1 atom stereocenters. The largest absolute Gasteiger partial charge is 0.352 e. The number of halogens is 1. The van der Waals surface area contributed by atoms with Crippen molar-refractivity contribution in [2.45, 2.75) is 24.3 Å². The van der Waals surface area contributed by atoms with Gasteiger partial charge in [-0.1, -0.05) is 22.0 Å². The zero-order chi connectivity index (χ0) is 15.2. The van der Waals surface area contributed by atoms with E-state index in [4.69, 9.17) is 5.73 Å². The van der Waals surface area contributed by atoms with Crippen LogP contribution in [-0.4, -0.2) is 33.5 Å². The van der Waals surface area contributed by atoms with Crippen LogP contribution in [-0.2, 0) is 14.8 Å². The Kier molecular flexibility index (Phi) is 6.60. The number of rotatable bonds is 7.